The van der Waals surface area contributed by atoms with Crippen LogP contribution in [0.1, 0.15) is 19.4 Å². The van der Waals surface area contributed by atoms with Gasteiger partial charge in [-0.25, -0.2) is 0 Å². The fourth-order valence-electron chi connectivity index (χ4n) is 1.71. The van der Waals surface area contributed by atoms with Crippen LogP contribution in [0.2, 0.25) is 0 Å². The summed E-state index contributed by atoms with van der Waals surface area (Å²) in [6.07, 6.45) is 0. The van der Waals surface area contributed by atoms with Gasteiger partial charge in [-0.3, -0.25) is 4.79 Å². The Labute approximate surface area is 116 Å². The summed E-state index contributed by atoms with van der Waals surface area (Å²) in [6, 6.07) is 10.2. The van der Waals surface area contributed by atoms with Gasteiger partial charge < -0.3 is 5.11 Å². The third-order valence-corrected chi connectivity index (χ3v) is 6.17. The average molecular weight is 280 g/mol. The second kappa shape index (κ2) is 5.41. The van der Waals surface area contributed by atoms with Gasteiger partial charge in [-0.2, -0.15) is 0 Å². The zero-order valence-electron chi connectivity index (χ0n) is 10.5. The molecular formula is C14H16O2S2. The maximum Gasteiger partial charge on any atom is 0.311 e. The Balaban J connectivity index is 2.26. The second-order valence-electron chi connectivity index (χ2n) is 4.69. The van der Waals surface area contributed by atoms with Crippen molar-refractivity contribution in [3.05, 3.63) is 40.8 Å². The van der Waals surface area contributed by atoms with Gasteiger partial charge >= 0.3 is 5.97 Å². The summed E-state index contributed by atoms with van der Waals surface area (Å²) in [4.78, 5) is 13.8. The lowest BCUT2D eigenvalue weighted by atomic mass is 9.97. The molecule has 1 heterocycles. The number of carboxylic acid groups (broad SMARTS) is 1. The fraction of sp³-hybridized carbons (Fsp3) is 0.357. The number of allylic oxidation sites excluding steroid dienone is 1. The first-order chi connectivity index (χ1) is 8.53. The molecule has 0 saturated carbocycles. The average Bonchev–Trinajstić information content (AvgIpc) is 2.52. The molecule has 0 aromatic heterocycles. The summed E-state index contributed by atoms with van der Waals surface area (Å²) in [6.45, 7) is 3.91. The number of carbonyl (C=O) groups is 1. The zero-order chi connectivity index (χ0) is 13.2. The van der Waals surface area contributed by atoms with E-state index in [2.05, 4.69) is 19.1 Å². The highest BCUT2D eigenvalue weighted by Gasteiger charge is 2.36. The quantitative estimate of drug-likeness (QED) is 0.890. The lowest BCUT2D eigenvalue weighted by Gasteiger charge is -2.21. The van der Waals surface area contributed by atoms with Gasteiger partial charge in [0.25, 0.3) is 0 Å². The molecule has 1 aliphatic heterocycles. The lowest BCUT2D eigenvalue weighted by molar-refractivity contribution is -0.145. The van der Waals surface area contributed by atoms with Crippen LogP contribution >= 0.6 is 23.5 Å². The molecule has 2 nitrogen and oxygen atoms in total. The largest absolute Gasteiger partial charge is 0.481 e. The van der Waals surface area contributed by atoms with Crippen molar-refractivity contribution in [3.63, 3.8) is 0 Å². The number of hydrogen-bond acceptors (Lipinski definition) is 3. The highest BCUT2D eigenvalue weighted by molar-refractivity contribution is 8.11. The van der Waals surface area contributed by atoms with Crippen LogP contribution in [0, 0.1) is 5.41 Å². The van der Waals surface area contributed by atoms with Crippen molar-refractivity contribution >= 4 is 34.4 Å². The van der Waals surface area contributed by atoms with E-state index < -0.39 is 11.4 Å². The molecule has 1 unspecified atom stereocenters. The number of aliphatic carboxylic acids is 1. The number of benzene rings is 1. The lowest BCUT2D eigenvalue weighted by Crippen LogP contribution is -2.32. The summed E-state index contributed by atoms with van der Waals surface area (Å²) in [5.41, 5.74) is 0.537. The first-order valence-electron chi connectivity index (χ1n) is 5.78. The van der Waals surface area contributed by atoms with E-state index in [-0.39, 0.29) is 0 Å². The van der Waals surface area contributed by atoms with E-state index in [0.29, 0.717) is 11.5 Å². The normalized spacial score (nSPS) is 24.8. The number of carboxylic acids is 1. The predicted octanol–water partition coefficient (Wildman–Crippen LogP) is 3.95. The fourth-order valence-corrected chi connectivity index (χ4v) is 4.39. The Hall–Kier alpha value is -0.870. The van der Waals surface area contributed by atoms with Gasteiger partial charge in [0, 0.05) is 16.4 Å². The molecule has 0 spiro atoms. The van der Waals surface area contributed by atoms with E-state index in [4.69, 9.17) is 0 Å². The molecule has 0 radical (unpaired) electrons. The molecule has 2 rings (SSSR count). The molecule has 0 bridgehead atoms. The molecule has 1 aromatic rings. The van der Waals surface area contributed by atoms with Crippen molar-refractivity contribution in [2.45, 2.75) is 13.8 Å². The number of hydrogen-bond donors (Lipinski definition) is 1. The highest BCUT2D eigenvalue weighted by Crippen LogP contribution is 2.44. The molecule has 1 aliphatic rings. The molecule has 0 aliphatic carbocycles. The minimum atomic E-state index is -0.704. The predicted molar refractivity (Wildman–Crippen MR) is 79.7 cm³/mol. The Bertz CT molecular complexity index is 482. The van der Waals surface area contributed by atoms with Gasteiger partial charge in [0.05, 0.1) is 5.41 Å². The monoisotopic (exact) mass is 280 g/mol. The van der Waals surface area contributed by atoms with Crippen LogP contribution in [-0.2, 0) is 4.79 Å². The molecule has 0 amide bonds. The van der Waals surface area contributed by atoms with Crippen LogP contribution in [0.15, 0.2) is 35.2 Å². The van der Waals surface area contributed by atoms with Crippen LogP contribution in [0.3, 0.4) is 0 Å². The van der Waals surface area contributed by atoms with Crippen LogP contribution in [0.4, 0.5) is 0 Å². The topological polar surface area (TPSA) is 37.3 Å². The van der Waals surface area contributed by atoms with Gasteiger partial charge in [-0.15, -0.1) is 23.5 Å². The van der Waals surface area contributed by atoms with E-state index in [1.807, 2.05) is 25.1 Å². The minimum absolute atomic E-state index is 0.622. The van der Waals surface area contributed by atoms with Crippen molar-refractivity contribution < 1.29 is 9.90 Å². The Kier molecular flexibility index (Phi) is 4.07. The Morgan fingerprint density at radius 2 is 1.83 bits per heavy atom. The van der Waals surface area contributed by atoms with Crippen LogP contribution < -0.4 is 0 Å². The first kappa shape index (κ1) is 13.6. The molecule has 1 N–H and O–H groups in total. The summed E-state index contributed by atoms with van der Waals surface area (Å²) in [5, 5.41) is 9.32. The van der Waals surface area contributed by atoms with Gasteiger partial charge in [0.15, 0.2) is 0 Å². The SMILES string of the molecule is CC1=C(c2ccccc2)SCC(C)(C(=O)O)CS1. The summed E-state index contributed by atoms with van der Waals surface area (Å²) < 4.78 is 0. The van der Waals surface area contributed by atoms with Gasteiger partial charge in [-0.05, 0) is 24.3 Å². The van der Waals surface area contributed by atoms with Gasteiger partial charge in [0.1, 0.15) is 0 Å². The van der Waals surface area contributed by atoms with Crippen molar-refractivity contribution in [3.8, 4) is 0 Å². The number of thioether (sulfide) groups is 2. The number of rotatable bonds is 2. The van der Waals surface area contributed by atoms with Crippen LogP contribution in [0.5, 0.6) is 0 Å². The third-order valence-electron chi connectivity index (χ3n) is 3.01. The summed E-state index contributed by atoms with van der Waals surface area (Å²) in [7, 11) is 0. The molecule has 4 heteroatoms. The van der Waals surface area contributed by atoms with Crippen molar-refractivity contribution in [1.29, 1.82) is 0 Å². The zero-order valence-corrected chi connectivity index (χ0v) is 12.1. The molecule has 0 fully saturated rings. The standard InChI is InChI=1S/C14H16O2S2/c1-10-12(11-6-4-3-5-7-11)18-9-14(2,8-17-10)13(15)16/h3-7H,8-9H2,1-2H3,(H,15,16). The summed E-state index contributed by atoms with van der Waals surface area (Å²) in [5.74, 6) is 0.554. The third kappa shape index (κ3) is 2.75. The first-order valence-corrected chi connectivity index (χ1v) is 7.75. The molecule has 1 atom stereocenters. The summed E-state index contributed by atoms with van der Waals surface area (Å²) >= 11 is 3.31. The maximum atomic E-state index is 11.3. The van der Waals surface area contributed by atoms with E-state index in [9.17, 15) is 9.90 Å². The maximum absolute atomic E-state index is 11.3. The van der Waals surface area contributed by atoms with Crippen molar-refractivity contribution in [2.75, 3.05) is 11.5 Å². The smallest absolute Gasteiger partial charge is 0.311 e. The molecule has 96 valence electrons. The molecule has 18 heavy (non-hydrogen) atoms. The second-order valence-corrected chi connectivity index (χ2v) is 6.87. The van der Waals surface area contributed by atoms with E-state index in [0.717, 1.165) is 0 Å². The van der Waals surface area contributed by atoms with E-state index in [1.165, 1.54) is 15.4 Å². The molecule has 0 saturated heterocycles. The van der Waals surface area contributed by atoms with Crippen molar-refractivity contribution in [2.24, 2.45) is 5.41 Å². The Morgan fingerprint density at radius 3 is 2.44 bits per heavy atom. The molecule has 1 aromatic carbocycles. The minimum Gasteiger partial charge on any atom is -0.481 e. The van der Waals surface area contributed by atoms with E-state index >= 15 is 0 Å². The van der Waals surface area contributed by atoms with Crippen molar-refractivity contribution in [1.82, 2.24) is 0 Å². The van der Waals surface area contributed by atoms with Gasteiger partial charge in [0.2, 0.25) is 0 Å². The molecular weight excluding hydrogens is 264 g/mol. The van der Waals surface area contributed by atoms with Gasteiger partial charge in [-0.1, -0.05) is 30.3 Å². The van der Waals surface area contributed by atoms with Crippen LogP contribution in [0.25, 0.3) is 4.91 Å². The highest BCUT2D eigenvalue weighted by atomic mass is 32.2. The Morgan fingerprint density at radius 1 is 1.22 bits per heavy atom. The van der Waals surface area contributed by atoms with Crippen LogP contribution in [-0.4, -0.2) is 22.6 Å². The van der Waals surface area contributed by atoms with E-state index in [1.54, 1.807) is 23.5 Å².